The Balaban J connectivity index is 2.75. The summed E-state index contributed by atoms with van der Waals surface area (Å²) in [7, 11) is -3.13. The van der Waals surface area contributed by atoms with Gasteiger partial charge in [-0.1, -0.05) is 32.6 Å². The summed E-state index contributed by atoms with van der Waals surface area (Å²) in [6.45, 7) is 15.7. The molecular formula is C17H33NO2SSi. The third kappa shape index (κ3) is 6.15. The van der Waals surface area contributed by atoms with Crippen molar-refractivity contribution in [2.24, 2.45) is 17.0 Å². The standard InChI is InChI=1S/C17H33NO2SSi/c1-16(2,3)22(6,7)20-13-15(11-10-14-8-9-14)12-17(4,5)21(18)19/h14-15H,8-9,12-13,18H2,1-7H3/t15-,21?/m1/s1. The number of rotatable bonds is 6. The van der Waals surface area contributed by atoms with Gasteiger partial charge in [-0.2, -0.15) is 0 Å². The zero-order chi connectivity index (χ0) is 17.2. The van der Waals surface area contributed by atoms with Gasteiger partial charge in [0, 0.05) is 18.4 Å². The fourth-order valence-corrected chi connectivity index (χ4v) is 3.23. The summed E-state index contributed by atoms with van der Waals surface area (Å²) in [5.41, 5.74) is 0. The molecule has 1 fully saturated rings. The van der Waals surface area contributed by atoms with Crippen LogP contribution in [0.15, 0.2) is 0 Å². The highest BCUT2D eigenvalue weighted by Crippen LogP contribution is 2.37. The van der Waals surface area contributed by atoms with E-state index in [0.29, 0.717) is 18.9 Å². The Labute approximate surface area is 140 Å². The molecule has 0 spiro atoms. The maximum atomic E-state index is 11.7. The van der Waals surface area contributed by atoms with Gasteiger partial charge in [-0.25, -0.2) is 4.21 Å². The summed E-state index contributed by atoms with van der Waals surface area (Å²) in [6, 6.07) is 0. The van der Waals surface area contributed by atoms with Crippen molar-refractivity contribution in [1.29, 1.82) is 0 Å². The van der Waals surface area contributed by atoms with Gasteiger partial charge >= 0.3 is 0 Å². The quantitative estimate of drug-likeness (QED) is 0.588. The summed E-state index contributed by atoms with van der Waals surface area (Å²) in [6.07, 6.45) is 3.15. The predicted octanol–water partition coefficient (Wildman–Crippen LogP) is 3.83. The first kappa shape index (κ1) is 19.9. The smallest absolute Gasteiger partial charge is 0.192 e. The van der Waals surface area contributed by atoms with Crippen molar-refractivity contribution in [3.63, 3.8) is 0 Å². The zero-order valence-corrected chi connectivity index (χ0v) is 17.1. The molecule has 3 nitrogen and oxygen atoms in total. The van der Waals surface area contributed by atoms with Gasteiger partial charge < -0.3 is 4.43 Å². The molecule has 22 heavy (non-hydrogen) atoms. The van der Waals surface area contributed by atoms with Crippen molar-refractivity contribution in [3.8, 4) is 11.8 Å². The Morgan fingerprint density at radius 1 is 1.27 bits per heavy atom. The molecule has 1 rings (SSSR count). The van der Waals surface area contributed by atoms with Gasteiger partial charge in [0.15, 0.2) is 8.32 Å². The van der Waals surface area contributed by atoms with Crippen molar-refractivity contribution < 1.29 is 8.63 Å². The topological polar surface area (TPSA) is 52.3 Å². The Hall–Kier alpha value is -0.153. The first-order valence-electron chi connectivity index (χ1n) is 8.16. The largest absolute Gasteiger partial charge is 0.416 e. The van der Waals surface area contributed by atoms with Gasteiger partial charge in [-0.05, 0) is 51.2 Å². The molecular weight excluding hydrogens is 310 g/mol. The normalized spacial score (nSPS) is 19.3. The number of hydrogen-bond donors (Lipinski definition) is 1. The minimum Gasteiger partial charge on any atom is -0.416 e. The summed E-state index contributed by atoms with van der Waals surface area (Å²) in [4.78, 5) is 0. The van der Waals surface area contributed by atoms with E-state index in [0.717, 1.165) is 0 Å². The fraction of sp³-hybridized carbons (Fsp3) is 0.882. The molecule has 0 aromatic heterocycles. The molecule has 0 saturated heterocycles. The molecule has 0 radical (unpaired) electrons. The number of hydrogen-bond acceptors (Lipinski definition) is 2. The van der Waals surface area contributed by atoms with Gasteiger partial charge in [0.05, 0.1) is 15.7 Å². The second-order valence-electron chi connectivity index (χ2n) is 8.59. The summed E-state index contributed by atoms with van der Waals surface area (Å²) >= 11 is 0. The molecule has 1 unspecified atom stereocenters. The molecule has 0 aliphatic heterocycles. The Bertz CT molecular complexity index is 467. The van der Waals surface area contributed by atoms with Crippen LogP contribution in [0.2, 0.25) is 18.1 Å². The lowest BCUT2D eigenvalue weighted by molar-refractivity contribution is 0.243. The summed E-state index contributed by atoms with van der Waals surface area (Å²) < 4.78 is 17.6. The van der Waals surface area contributed by atoms with Crippen molar-refractivity contribution in [2.45, 2.75) is 76.8 Å². The fourth-order valence-electron chi connectivity index (χ4n) is 1.82. The lowest BCUT2D eigenvalue weighted by Crippen LogP contribution is -2.43. The van der Waals surface area contributed by atoms with Crippen LogP contribution >= 0.6 is 0 Å². The van der Waals surface area contributed by atoms with E-state index < -0.39 is 24.1 Å². The molecule has 0 heterocycles. The monoisotopic (exact) mass is 343 g/mol. The lowest BCUT2D eigenvalue weighted by Gasteiger charge is -2.37. The Morgan fingerprint density at radius 3 is 2.23 bits per heavy atom. The first-order chi connectivity index (χ1) is 9.85. The van der Waals surface area contributed by atoms with Crippen LogP contribution in [0.25, 0.3) is 0 Å². The number of nitrogens with two attached hydrogens (primary N) is 1. The van der Waals surface area contributed by atoms with Crippen LogP contribution in [0.1, 0.15) is 53.9 Å². The van der Waals surface area contributed by atoms with Crippen LogP contribution in [0.4, 0.5) is 0 Å². The highest BCUT2D eigenvalue weighted by Gasteiger charge is 2.38. The van der Waals surface area contributed by atoms with E-state index in [1.807, 2.05) is 13.8 Å². The van der Waals surface area contributed by atoms with Gasteiger partial charge in [-0.15, -0.1) is 0 Å². The van der Waals surface area contributed by atoms with Gasteiger partial charge in [0.25, 0.3) is 0 Å². The SMILES string of the molecule is CC(C)(C[C@@H](C#CC1CC1)CO[Si](C)(C)C(C)(C)C)S(N)=O. The first-order valence-corrected chi connectivity index (χ1v) is 12.3. The molecule has 0 aromatic carbocycles. The maximum Gasteiger partial charge on any atom is 0.192 e. The van der Waals surface area contributed by atoms with Crippen LogP contribution in [0.5, 0.6) is 0 Å². The van der Waals surface area contributed by atoms with Crippen molar-refractivity contribution >= 4 is 19.3 Å². The molecule has 1 saturated carbocycles. The van der Waals surface area contributed by atoms with Crippen LogP contribution in [0.3, 0.4) is 0 Å². The van der Waals surface area contributed by atoms with Gasteiger partial charge in [-0.3, -0.25) is 5.14 Å². The van der Waals surface area contributed by atoms with Crippen molar-refractivity contribution in [2.75, 3.05) is 6.61 Å². The van der Waals surface area contributed by atoms with Crippen molar-refractivity contribution in [1.82, 2.24) is 0 Å². The molecule has 0 bridgehead atoms. The molecule has 5 heteroatoms. The summed E-state index contributed by atoms with van der Waals surface area (Å²) in [5.74, 6) is 7.39. The van der Waals surface area contributed by atoms with Crippen LogP contribution in [0, 0.1) is 23.7 Å². The molecule has 128 valence electrons. The van der Waals surface area contributed by atoms with E-state index in [9.17, 15) is 4.21 Å². The Morgan fingerprint density at radius 2 is 1.82 bits per heavy atom. The highest BCUT2D eigenvalue weighted by molar-refractivity contribution is 7.84. The maximum absolute atomic E-state index is 11.7. The average Bonchev–Trinajstić information content (AvgIpc) is 3.14. The molecule has 2 N–H and O–H groups in total. The van der Waals surface area contributed by atoms with Crippen LogP contribution in [-0.2, 0) is 15.4 Å². The highest BCUT2D eigenvalue weighted by atomic mass is 32.2. The molecule has 2 atom stereocenters. The van der Waals surface area contributed by atoms with E-state index in [1.54, 1.807) is 0 Å². The van der Waals surface area contributed by atoms with Gasteiger partial charge in [0.1, 0.15) is 0 Å². The van der Waals surface area contributed by atoms with Crippen LogP contribution < -0.4 is 5.14 Å². The molecule has 1 aliphatic carbocycles. The minimum absolute atomic E-state index is 0.109. The molecule has 0 amide bonds. The van der Waals surface area contributed by atoms with E-state index in [-0.39, 0.29) is 11.0 Å². The van der Waals surface area contributed by atoms with Crippen LogP contribution in [-0.4, -0.2) is 23.9 Å². The van der Waals surface area contributed by atoms with E-state index in [4.69, 9.17) is 9.56 Å². The second-order valence-corrected chi connectivity index (χ2v) is 15.1. The van der Waals surface area contributed by atoms with E-state index in [2.05, 4.69) is 45.7 Å². The van der Waals surface area contributed by atoms with Crippen molar-refractivity contribution in [3.05, 3.63) is 0 Å². The van der Waals surface area contributed by atoms with Gasteiger partial charge in [0.2, 0.25) is 0 Å². The summed E-state index contributed by atoms with van der Waals surface area (Å²) in [5, 5.41) is 5.82. The Kier molecular flexibility index (Phi) is 6.48. The lowest BCUT2D eigenvalue weighted by atomic mass is 9.97. The molecule has 1 aliphatic rings. The molecule has 0 aromatic rings. The third-order valence-corrected chi connectivity index (χ3v) is 10.6. The van der Waals surface area contributed by atoms with E-state index >= 15 is 0 Å². The average molecular weight is 344 g/mol. The minimum atomic E-state index is -1.79. The zero-order valence-electron chi connectivity index (χ0n) is 15.3. The third-order valence-electron chi connectivity index (χ3n) is 4.80. The second kappa shape index (κ2) is 7.17. The van der Waals surface area contributed by atoms with E-state index in [1.165, 1.54) is 12.8 Å². The predicted molar refractivity (Wildman–Crippen MR) is 98.2 cm³/mol.